The zero-order valence-corrected chi connectivity index (χ0v) is 22.0. The zero-order valence-electron chi connectivity index (χ0n) is 21.2. The fraction of sp³-hybridized carbons (Fsp3) is 0.143. The van der Waals surface area contributed by atoms with Gasteiger partial charge in [-0.1, -0.05) is 48.5 Å². The molecule has 1 aromatic heterocycles. The third kappa shape index (κ3) is 5.77. The van der Waals surface area contributed by atoms with E-state index in [2.05, 4.69) is 10.6 Å². The number of methoxy groups -OCH3 is 1. The van der Waals surface area contributed by atoms with Crippen molar-refractivity contribution in [3.8, 4) is 5.75 Å². The van der Waals surface area contributed by atoms with Gasteiger partial charge in [-0.05, 0) is 42.0 Å². The van der Waals surface area contributed by atoms with E-state index in [1.807, 2.05) is 30.3 Å². The van der Waals surface area contributed by atoms with E-state index >= 15 is 0 Å². The number of benzene rings is 3. The average molecular weight is 533 g/mol. The van der Waals surface area contributed by atoms with Crippen LogP contribution in [0.1, 0.15) is 21.5 Å². The van der Waals surface area contributed by atoms with Crippen LogP contribution in [0.3, 0.4) is 0 Å². The molecule has 0 fully saturated rings. The molecule has 0 atom stereocenters. The highest BCUT2D eigenvalue weighted by atomic mass is 32.2. The molecule has 2 amide bonds. The van der Waals surface area contributed by atoms with Gasteiger partial charge in [0.25, 0.3) is 11.8 Å². The highest BCUT2D eigenvalue weighted by Gasteiger charge is 2.22. The van der Waals surface area contributed by atoms with Gasteiger partial charge in [0.15, 0.2) is 0 Å². The van der Waals surface area contributed by atoms with Crippen LogP contribution < -0.4 is 15.4 Å². The Bertz CT molecular complexity index is 1590. The molecule has 0 aliphatic rings. The Labute approximate surface area is 221 Å². The molecule has 196 valence electrons. The number of rotatable bonds is 9. The molecule has 4 aromatic rings. The topological polar surface area (TPSA) is 110 Å². The summed E-state index contributed by atoms with van der Waals surface area (Å²) in [5.74, 6) is -0.436. The van der Waals surface area contributed by atoms with Gasteiger partial charge in [0, 0.05) is 43.4 Å². The molecule has 38 heavy (non-hydrogen) atoms. The predicted molar refractivity (Wildman–Crippen MR) is 147 cm³/mol. The molecule has 10 heteroatoms. The second-order valence-electron chi connectivity index (χ2n) is 8.60. The van der Waals surface area contributed by atoms with Crippen LogP contribution in [0.5, 0.6) is 5.75 Å². The van der Waals surface area contributed by atoms with Crippen LogP contribution in [0.15, 0.2) is 90.8 Å². The number of hydrogen-bond donors (Lipinski definition) is 2. The Kier molecular flexibility index (Phi) is 7.94. The normalized spacial score (nSPS) is 11.9. The largest absolute Gasteiger partial charge is 0.497 e. The first-order valence-electron chi connectivity index (χ1n) is 11.7. The first kappa shape index (κ1) is 26.6. The number of amides is 2. The van der Waals surface area contributed by atoms with E-state index in [0.29, 0.717) is 27.8 Å². The smallest absolute Gasteiger partial charge is 0.307 e. The van der Waals surface area contributed by atoms with Gasteiger partial charge in [-0.3, -0.25) is 9.59 Å². The van der Waals surface area contributed by atoms with Gasteiger partial charge >= 0.3 is 10.2 Å². The fourth-order valence-corrected chi connectivity index (χ4v) is 4.79. The number of ether oxygens (including phenoxy) is 1. The Morgan fingerprint density at radius 3 is 2.26 bits per heavy atom. The predicted octanol–water partition coefficient (Wildman–Crippen LogP) is 3.39. The summed E-state index contributed by atoms with van der Waals surface area (Å²) in [4.78, 5) is 26.3. The van der Waals surface area contributed by atoms with Gasteiger partial charge in [-0.2, -0.15) is 12.7 Å². The number of hydrogen-bond acceptors (Lipinski definition) is 5. The Morgan fingerprint density at radius 1 is 0.947 bits per heavy atom. The molecular formula is C28H28N4O5S. The molecule has 3 aromatic carbocycles. The summed E-state index contributed by atoms with van der Waals surface area (Å²) < 4.78 is 33.3. The Hall–Kier alpha value is -4.41. The molecule has 1 heterocycles. The number of nitrogens with zero attached hydrogens (tertiary/aromatic N) is 2. The number of carbonyl (C=O) groups excluding carboxylic acids is 2. The first-order chi connectivity index (χ1) is 18.2. The lowest BCUT2D eigenvalue weighted by atomic mass is 10.1. The van der Waals surface area contributed by atoms with Crippen molar-refractivity contribution in [2.75, 3.05) is 21.2 Å². The molecule has 0 saturated heterocycles. The van der Waals surface area contributed by atoms with Crippen LogP contribution >= 0.6 is 0 Å². The van der Waals surface area contributed by atoms with E-state index in [1.54, 1.807) is 48.5 Å². The maximum Gasteiger partial charge on any atom is 0.307 e. The minimum atomic E-state index is -3.84. The molecular weight excluding hydrogens is 504 g/mol. The van der Waals surface area contributed by atoms with E-state index in [0.717, 1.165) is 13.8 Å². The van der Waals surface area contributed by atoms with Crippen molar-refractivity contribution >= 4 is 39.0 Å². The number of carbonyl (C=O) groups is 2. The summed E-state index contributed by atoms with van der Waals surface area (Å²) >= 11 is 0. The van der Waals surface area contributed by atoms with E-state index in [-0.39, 0.29) is 12.2 Å². The van der Waals surface area contributed by atoms with Crippen LogP contribution in [-0.2, 0) is 21.5 Å². The molecule has 0 aliphatic carbocycles. The second-order valence-corrected chi connectivity index (χ2v) is 10.6. The van der Waals surface area contributed by atoms with Crippen LogP contribution in [0.2, 0.25) is 0 Å². The third-order valence-corrected chi connectivity index (χ3v) is 7.58. The molecule has 0 bridgehead atoms. The first-order valence-corrected chi connectivity index (χ1v) is 13.1. The van der Waals surface area contributed by atoms with Gasteiger partial charge in [0.1, 0.15) is 11.4 Å². The molecule has 4 rings (SSSR count). The zero-order chi connectivity index (χ0) is 27.3. The van der Waals surface area contributed by atoms with Crippen LogP contribution in [0.25, 0.3) is 17.0 Å². The molecule has 9 nitrogen and oxygen atoms in total. The molecule has 2 N–H and O–H groups in total. The minimum absolute atomic E-state index is 0.0353. The number of para-hydroxylation sites is 1. The van der Waals surface area contributed by atoms with Crippen molar-refractivity contribution in [2.45, 2.75) is 6.54 Å². The molecule has 0 saturated carbocycles. The maximum atomic E-state index is 13.3. The SMILES string of the molecule is COc1ccc(C(=O)N/C(=C\c2cn(S(=O)(=O)N(C)C)c3ccccc23)C(=O)NCc2ccccc2)cc1. The lowest BCUT2D eigenvalue weighted by Gasteiger charge is -2.13. The van der Waals surface area contributed by atoms with Gasteiger partial charge in [-0.25, -0.2) is 3.97 Å². The number of aromatic nitrogens is 1. The Morgan fingerprint density at radius 2 is 1.61 bits per heavy atom. The van der Waals surface area contributed by atoms with E-state index in [4.69, 9.17) is 4.74 Å². The monoisotopic (exact) mass is 532 g/mol. The summed E-state index contributed by atoms with van der Waals surface area (Å²) in [6.07, 6.45) is 2.91. The van der Waals surface area contributed by atoms with Crippen molar-refractivity contribution in [3.63, 3.8) is 0 Å². The molecule has 0 aliphatic heterocycles. The lowest BCUT2D eigenvalue weighted by molar-refractivity contribution is -0.117. The fourth-order valence-electron chi connectivity index (χ4n) is 3.78. The summed E-state index contributed by atoms with van der Waals surface area (Å²) in [5, 5.41) is 6.12. The Balaban J connectivity index is 1.74. The lowest BCUT2D eigenvalue weighted by Crippen LogP contribution is -2.34. The summed E-state index contributed by atoms with van der Waals surface area (Å²) in [6.45, 7) is 0.242. The molecule has 0 spiro atoms. The van der Waals surface area contributed by atoms with Crippen molar-refractivity contribution in [2.24, 2.45) is 0 Å². The van der Waals surface area contributed by atoms with Crippen molar-refractivity contribution in [1.29, 1.82) is 0 Å². The van der Waals surface area contributed by atoms with Gasteiger partial charge in [-0.15, -0.1) is 0 Å². The highest BCUT2D eigenvalue weighted by molar-refractivity contribution is 7.87. The standard InChI is InChI=1S/C28H28N4O5S/c1-31(2)38(35,36)32-19-22(24-11-7-8-12-26(24)32)17-25(28(34)29-18-20-9-5-4-6-10-20)30-27(33)21-13-15-23(37-3)16-14-21/h4-17,19H,18H2,1-3H3,(H,29,34)(H,30,33)/b25-17-. The maximum absolute atomic E-state index is 13.3. The van der Waals surface area contributed by atoms with Crippen LogP contribution in [0, 0.1) is 0 Å². The van der Waals surface area contributed by atoms with Gasteiger partial charge in [0.2, 0.25) is 0 Å². The van der Waals surface area contributed by atoms with Gasteiger partial charge < -0.3 is 15.4 Å². The number of fused-ring (bicyclic) bond motifs is 1. The van der Waals surface area contributed by atoms with Crippen molar-refractivity contribution < 1.29 is 22.7 Å². The van der Waals surface area contributed by atoms with Crippen LogP contribution in [0.4, 0.5) is 0 Å². The third-order valence-electron chi connectivity index (χ3n) is 5.86. The van der Waals surface area contributed by atoms with Crippen LogP contribution in [-0.4, -0.2) is 49.7 Å². The number of nitrogens with one attached hydrogen (secondary N) is 2. The quantitative estimate of drug-likeness (QED) is 0.321. The average Bonchev–Trinajstić information content (AvgIpc) is 3.31. The summed E-state index contributed by atoms with van der Waals surface area (Å²) in [7, 11) is 0.574. The van der Waals surface area contributed by atoms with Crippen molar-refractivity contribution in [1.82, 2.24) is 18.9 Å². The molecule has 0 radical (unpaired) electrons. The summed E-state index contributed by atoms with van der Waals surface area (Å²) in [6, 6.07) is 22.8. The van der Waals surface area contributed by atoms with E-state index in [9.17, 15) is 18.0 Å². The van der Waals surface area contributed by atoms with Crippen molar-refractivity contribution in [3.05, 3.63) is 107 Å². The minimum Gasteiger partial charge on any atom is -0.497 e. The second kappa shape index (κ2) is 11.3. The van der Waals surface area contributed by atoms with E-state index in [1.165, 1.54) is 33.5 Å². The molecule has 0 unspecified atom stereocenters. The van der Waals surface area contributed by atoms with E-state index < -0.39 is 22.0 Å². The highest BCUT2D eigenvalue weighted by Crippen LogP contribution is 2.25. The summed E-state index contributed by atoms with van der Waals surface area (Å²) in [5.41, 5.74) is 2.07. The van der Waals surface area contributed by atoms with Gasteiger partial charge in [0.05, 0.1) is 12.6 Å².